The highest BCUT2D eigenvalue weighted by atomic mass is 16.5. The summed E-state index contributed by atoms with van der Waals surface area (Å²) >= 11 is 0. The number of carbonyl (C=O) groups excluding carboxylic acids is 1. The highest BCUT2D eigenvalue weighted by Crippen LogP contribution is 2.41. The average Bonchev–Trinajstić information content (AvgIpc) is 3.18. The summed E-state index contributed by atoms with van der Waals surface area (Å²) in [4.78, 5) is 26.7. The van der Waals surface area contributed by atoms with Crippen molar-refractivity contribution >= 4 is 5.91 Å². The molecule has 1 amide bonds. The van der Waals surface area contributed by atoms with E-state index < -0.39 is 0 Å². The van der Waals surface area contributed by atoms with Gasteiger partial charge in [0.15, 0.2) is 0 Å². The molecule has 0 N–H and O–H groups in total. The van der Waals surface area contributed by atoms with Gasteiger partial charge in [-0.25, -0.2) is 15.0 Å². The molecule has 0 bridgehead atoms. The van der Waals surface area contributed by atoms with Crippen molar-refractivity contribution < 1.29 is 14.3 Å². The van der Waals surface area contributed by atoms with Gasteiger partial charge in [0.1, 0.15) is 0 Å². The van der Waals surface area contributed by atoms with Crippen LogP contribution in [-0.2, 0) is 4.74 Å². The average molecular weight is 326 g/mol. The van der Waals surface area contributed by atoms with Crippen LogP contribution in [0, 0.1) is 11.3 Å². The van der Waals surface area contributed by atoms with E-state index in [1.807, 2.05) is 23.1 Å². The van der Waals surface area contributed by atoms with E-state index in [1.54, 1.807) is 24.7 Å². The molecular formula is C17H18N4O3. The number of carbonyl (C=O) groups is 1. The van der Waals surface area contributed by atoms with Crippen LogP contribution in [0.2, 0.25) is 0 Å². The van der Waals surface area contributed by atoms with Crippen LogP contribution in [0.25, 0.3) is 0 Å². The molecule has 0 aromatic carbocycles. The minimum atomic E-state index is -0.192. The van der Waals surface area contributed by atoms with Crippen LogP contribution in [0.3, 0.4) is 0 Å². The van der Waals surface area contributed by atoms with Gasteiger partial charge in [-0.2, -0.15) is 0 Å². The Bertz CT molecular complexity index is 712. The topological polar surface area (TPSA) is 77.4 Å². The van der Waals surface area contributed by atoms with E-state index in [1.165, 1.54) is 0 Å². The van der Waals surface area contributed by atoms with E-state index in [4.69, 9.17) is 9.47 Å². The number of ether oxygens (including phenoxy) is 2. The van der Waals surface area contributed by atoms with E-state index >= 15 is 0 Å². The first kappa shape index (κ1) is 15.0. The van der Waals surface area contributed by atoms with Gasteiger partial charge < -0.3 is 14.4 Å². The van der Waals surface area contributed by atoms with Gasteiger partial charge in [0, 0.05) is 43.7 Å². The third-order valence-electron chi connectivity index (χ3n) is 4.71. The molecule has 4 heterocycles. The zero-order valence-electron chi connectivity index (χ0n) is 13.2. The maximum atomic E-state index is 12.6. The predicted molar refractivity (Wildman–Crippen MR) is 84.4 cm³/mol. The molecule has 0 aliphatic carbocycles. The second kappa shape index (κ2) is 6.16. The number of nitrogens with zero attached hydrogens (tertiary/aromatic N) is 4. The second-order valence-electron chi connectivity index (χ2n) is 6.29. The summed E-state index contributed by atoms with van der Waals surface area (Å²) in [6, 6.07) is 7.27. The Morgan fingerprint density at radius 3 is 2.88 bits per heavy atom. The molecule has 4 rings (SSSR count). The summed E-state index contributed by atoms with van der Waals surface area (Å²) in [5, 5.41) is 0. The monoisotopic (exact) mass is 326 g/mol. The molecule has 2 saturated heterocycles. The molecule has 7 heteroatoms. The minimum Gasteiger partial charge on any atom is -0.477 e. The van der Waals surface area contributed by atoms with Gasteiger partial charge >= 0.3 is 0 Å². The summed E-state index contributed by atoms with van der Waals surface area (Å²) in [5.74, 6) is 0.948. The molecule has 0 radical (unpaired) electrons. The third kappa shape index (κ3) is 2.71. The quantitative estimate of drug-likeness (QED) is 0.835. The van der Waals surface area contributed by atoms with Crippen molar-refractivity contribution in [2.75, 3.05) is 32.9 Å². The SMILES string of the molecule is O=C(c1ncccn1)N1C[C@@H]2COC[C@]2(COc2ccccn2)C1. The summed E-state index contributed by atoms with van der Waals surface area (Å²) in [6.45, 7) is 2.94. The van der Waals surface area contributed by atoms with Crippen LogP contribution in [0.5, 0.6) is 5.88 Å². The number of fused-ring (bicyclic) bond motifs is 1. The molecule has 2 aliphatic heterocycles. The lowest BCUT2D eigenvalue weighted by Crippen LogP contribution is -2.38. The number of rotatable bonds is 4. The summed E-state index contributed by atoms with van der Waals surface area (Å²) in [6.07, 6.45) is 4.87. The molecule has 2 atom stereocenters. The molecule has 0 spiro atoms. The van der Waals surface area contributed by atoms with E-state index in [0.717, 1.165) is 0 Å². The molecule has 2 fully saturated rings. The number of aromatic nitrogens is 3. The fourth-order valence-electron chi connectivity index (χ4n) is 3.39. The Morgan fingerprint density at radius 1 is 1.25 bits per heavy atom. The Hall–Kier alpha value is -2.54. The largest absolute Gasteiger partial charge is 0.477 e. The molecule has 0 unspecified atom stereocenters. The van der Waals surface area contributed by atoms with Crippen molar-refractivity contribution in [1.82, 2.24) is 19.9 Å². The van der Waals surface area contributed by atoms with Crippen LogP contribution < -0.4 is 4.74 Å². The molecule has 7 nitrogen and oxygen atoms in total. The number of hydrogen-bond donors (Lipinski definition) is 0. The Kier molecular flexibility index (Phi) is 3.86. The van der Waals surface area contributed by atoms with E-state index in [2.05, 4.69) is 15.0 Å². The number of likely N-dealkylation sites (tertiary alicyclic amines) is 1. The molecule has 2 aliphatic rings. The van der Waals surface area contributed by atoms with Crippen LogP contribution in [0.1, 0.15) is 10.6 Å². The first-order valence-electron chi connectivity index (χ1n) is 7.95. The summed E-state index contributed by atoms with van der Waals surface area (Å²) in [5.41, 5.74) is -0.192. The van der Waals surface area contributed by atoms with Crippen molar-refractivity contribution in [1.29, 1.82) is 0 Å². The van der Waals surface area contributed by atoms with Crippen molar-refractivity contribution in [3.63, 3.8) is 0 Å². The van der Waals surface area contributed by atoms with Crippen LogP contribution in [0.15, 0.2) is 42.9 Å². The minimum absolute atomic E-state index is 0.137. The van der Waals surface area contributed by atoms with Crippen LogP contribution >= 0.6 is 0 Å². The van der Waals surface area contributed by atoms with Crippen LogP contribution in [0.4, 0.5) is 0 Å². The van der Waals surface area contributed by atoms with Gasteiger partial charge in [0.2, 0.25) is 11.7 Å². The molecule has 2 aromatic heterocycles. The van der Waals surface area contributed by atoms with Crippen molar-refractivity contribution in [2.45, 2.75) is 0 Å². The van der Waals surface area contributed by atoms with Crippen LogP contribution in [-0.4, -0.2) is 58.7 Å². The fourth-order valence-corrected chi connectivity index (χ4v) is 3.39. The lowest BCUT2D eigenvalue weighted by atomic mass is 9.82. The molecule has 24 heavy (non-hydrogen) atoms. The van der Waals surface area contributed by atoms with Gasteiger partial charge in [0.05, 0.1) is 25.2 Å². The summed E-state index contributed by atoms with van der Waals surface area (Å²) < 4.78 is 11.5. The first-order valence-corrected chi connectivity index (χ1v) is 7.95. The van der Waals surface area contributed by atoms with Gasteiger partial charge in [-0.05, 0) is 12.1 Å². The van der Waals surface area contributed by atoms with Gasteiger partial charge in [-0.15, -0.1) is 0 Å². The third-order valence-corrected chi connectivity index (χ3v) is 4.71. The molecule has 124 valence electrons. The predicted octanol–water partition coefficient (Wildman–Crippen LogP) is 1.04. The van der Waals surface area contributed by atoms with Gasteiger partial charge in [-0.1, -0.05) is 6.07 Å². The smallest absolute Gasteiger partial charge is 0.291 e. The summed E-state index contributed by atoms with van der Waals surface area (Å²) in [7, 11) is 0. The van der Waals surface area contributed by atoms with E-state index in [9.17, 15) is 4.79 Å². The molecule has 0 saturated carbocycles. The van der Waals surface area contributed by atoms with Crippen molar-refractivity contribution in [3.05, 3.63) is 48.7 Å². The van der Waals surface area contributed by atoms with E-state index in [-0.39, 0.29) is 23.1 Å². The maximum absolute atomic E-state index is 12.6. The van der Waals surface area contributed by atoms with Crippen molar-refractivity contribution in [3.8, 4) is 5.88 Å². The molecule has 2 aromatic rings. The zero-order chi connectivity index (χ0) is 16.4. The highest BCUT2D eigenvalue weighted by Gasteiger charge is 2.52. The first-order chi connectivity index (χ1) is 11.8. The normalized spacial score (nSPS) is 25.5. The number of pyridine rings is 1. The Labute approximate surface area is 139 Å². The fraction of sp³-hybridized carbons (Fsp3) is 0.412. The zero-order valence-corrected chi connectivity index (χ0v) is 13.2. The number of hydrogen-bond acceptors (Lipinski definition) is 6. The van der Waals surface area contributed by atoms with Gasteiger partial charge in [0.25, 0.3) is 5.91 Å². The lowest BCUT2D eigenvalue weighted by molar-refractivity contribution is 0.0645. The lowest BCUT2D eigenvalue weighted by Gasteiger charge is -2.26. The maximum Gasteiger partial charge on any atom is 0.291 e. The Morgan fingerprint density at radius 2 is 2.08 bits per heavy atom. The highest BCUT2D eigenvalue weighted by molar-refractivity contribution is 5.90. The van der Waals surface area contributed by atoms with E-state index in [0.29, 0.717) is 38.8 Å². The standard InChI is InChI=1S/C17H18N4O3/c22-16(15-19-6-3-7-20-15)21-8-13-9-23-11-17(13,10-21)12-24-14-4-1-2-5-18-14/h1-7,13H,8-12H2/t13-,17+/m1/s1. The molecular weight excluding hydrogens is 308 g/mol. The number of amides is 1. The Balaban J connectivity index is 1.48. The van der Waals surface area contributed by atoms with Gasteiger partial charge in [-0.3, -0.25) is 4.79 Å². The van der Waals surface area contributed by atoms with Crippen molar-refractivity contribution in [2.24, 2.45) is 11.3 Å². The second-order valence-corrected chi connectivity index (χ2v) is 6.29.